The van der Waals surface area contributed by atoms with E-state index in [1.807, 2.05) is 26.8 Å². The number of ether oxygens (including phenoxy) is 1. The van der Waals surface area contributed by atoms with E-state index in [0.29, 0.717) is 19.1 Å². The second-order valence-electron chi connectivity index (χ2n) is 8.07. The minimum atomic E-state index is -0.463. The first-order valence-corrected chi connectivity index (χ1v) is 9.23. The van der Waals surface area contributed by atoms with E-state index in [2.05, 4.69) is 16.8 Å². The molecule has 1 aromatic heterocycles. The second-order valence-corrected chi connectivity index (χ2v) is 8.07. The van der Waals surface area contributed by atoms with Gasteiger partial charge in [-0.1, -0.05) is 0 Å². The Hall–Kier alpha value is -1.98. The van der Waals surface area contributed by atoms with Crippen molar-refractivity contribution < 1.29 is 14.3 Å². The van der Waals surface area contributed by atoms with Crippen molar-refractivity contribution in [1.29, 1.82) is 0 Å². The van der Waals surface area contributed by atoms with Gasteiger partial charge in [0.2, 0.25) is 0 Å². The van der Waals surface area contributed by atoms with Crippen molar-refractivity contribution in [2.24, 2.45) is 0 Å². The van der Waals surface area contributed by atoms with Gasteiger partial charge in [0.25, 0.3) is 5.91 Å². The van der Waals surface area contributed by atoms with Crippen LogP contribution in [0.1, 0.15) is 67.8 Å². The molecule has 0 radical (unpaired) electrons. The van der Waals surface area contributed by atoms with Gasteiger partial charge in [-0.15, -0.1) is 0 Å². The molecule has 138 valence electrons. The van der Waals surface area contributed by atoms with Crippen LogP contribution in [0.5, 0.6) is 0 Å². The zero-order valence-electron chi connectivity index (χ0n) is 15.7. The van der Waals surface area contributed by atoms with Crippen molar-refractivity contribution in [3.63, 3.8) is 0 Å². The first kappa shape index (κ1) is 17.8. The molecule has 25 heavy (non-hydrogen) atoms. The number of hydrogen-bond donors (Lipinski definition) is 1. The van der Waals surface area contributed by atoms with Crippen molar-refractivity contribution >= 4 is 12.0 Å². The van der Waals surface area contributed by atoms with Crippen LogP contribution in [-0.2, 0) is 11.2 Å². The fourth-order valence-electron chi connectivity index (χ4n) is 3.85. The van der Waals surface area contributed by atoms with Gasteiger partial charge in [-0.05, 0) is 59.4 Å². The highest BCUT2D eigenvalue weighted by Crippen LogP contribution is 2.30. The summed E-state index contributed by atoms with van der Waals surface area (Å²) >= 11 is 0. The summed E-state index contributed by atoms with van der Waals surface area (Å²) in [5.74, 6) is 0.0422. The molecule has 0 spiro atoms. The van der Waals surface area contributed by atoms with Gasteiger partial charge in [0.05, 0.1) is 5.56 Å². The monoisotopic (exact) mass is 347 g/mol. The lowest BCUT2D eigenvalue weighted by Crippen LogP contribution is -2.42. The van der Waals surface area contributed by atoms with Crippen molar-refractivity contribution in [3.8, 4) is 0 Å². The standard InChI is InChI=1S/C19H29N3O3/c1-13-12-15-16(6-5-9-20-17(15)23)22(13)14-7-10-21(11-8-14)18(24)25-19(2,3)4/h12,14H,5-11H2,1-4H3,(H,20,23). The van der Waals surface area contributed by atoms with Gasteiger partial charge in [0.15, 0.2) is 0 Å². The molecule has 0 saturated carbocycles. The van der Waals surface area contributed by atoms with Crippen LogP contribution in [0.25, 0.3) is 0 Å². The Kier molecular flexibility index (Phi) is 4.80. The molecule has 3 rings (SSSR count). The van der Waals surface area contributed by atoms with Crippen molar-refractivity contribution in [3.05, 3.63) is 23.0 Å². The van der Waals surface area contributed by atoms with Crippen LogP contribution in [0.3, 0.4) is 0 Å². The molecule has 0 unspecified atom stereocenters. The highest BCUT2D eigenvalue weighted by molar-refractivity contribution is 5.96. The lowest BCUT2D eigenvalue weighted by atomic mass is 10.0. The fourth-order valence-corrected chi connectivity index (χ4v) is 3.85. The van der Waals surface area contributed by atoms with E-state index >= 15 is 0 Å². The molecular weight excluding hydrogens is 318 g/mol. The topological polar surface area (TPSA) is 63.6 Å². The molecule has 0 bridgehead atoms. The van der Waals surface area contributed by atoms with E-state index in [1.54, 1.807) is 4.90 Å². The third-order valence-electron chi connectivity index (χ3n) is 4.94. The maximum absolute atomic E-state index is 12.2. The first-order valence-electron chi connectivity index (χ1n) is 9.23. The number of carbonyl (C=O) groups excluding carboxylic acids is 2. The number of aryl methyl sites for hydroxylation is 1. The zero-order chi connectivity index (χ0) is 18.2. The molecule has 3 heterocycles. The van der Waals surface area contributed by atoms with Crippen molar-refractivity contribution in [2.45, 2.75) is 65.0 Å². The van der Waals surface area contributed by atoms with Gasteiger partial charge < -0.3 is 19.5 Å². The SMILES string of the molecule is Cc1cc2c(n1C1CCN(C(=O)OC(C)(C)C)CC1)CCCNC2=O. The Balaban J connectivity index is 1.72. The molecule has 1 N–H and O–H groups in total. The molecule has 1 saturated heterocycles. The zero-order valence-corrected chi connectivity index (χ0v) is 15.7. The average Bonchev–Trinajstić information content (AvgIpc) is 2.76. The summed E-state index contributed by atoms with van der Waals surface area (Å²) in [4.78, 5) is 26.3. The number of amides is 2. The molecule has 6 nitrogen and oxygen atoms in total. The predicted molar refractivity (Wildman–Crippen MR) is 95.9 cm³/mol. The van der Waals surface area contributed by atoms with Crippen molar-refractivity contribution in [1.82, 2.24) is 14.8 Å². The molecule has 2 aliphatic rings. The second kappa shape index (κ2) is 6.73. The molecule has 1 fully saturated rings. The largest absolute Gasteiger partial charge is 0.444 e. The Labute approximate surface area is 149 Å². The Morgan fingerprint density at radius 3 is 2.60 bits per heavy atom. The highest BCUT2D eigenvalue weighted by Gasteiger charge is 2.30. The van der Waals surface area contributed by atoms with Gasteiger partial charge in [0, 0.05) is 37.1 Å². The predicted octanol–water partition coefficient (Wildman–Crippen LogP) is 3.04. The molecule has 0 aromatic carbocycles. The van der Waals surface area contributed by atoms with E-state index in [4.69, 9.17) is 4.74 Å². The van der Waals surface area contributed by atoms with E-state index in [9.17, 15) is 9.59 Å². The number of piperidine rings is 1. The number of fused-ring (bicyclic) bond motifs is 1. The Morgan fingerprint density at radius 2 is 1.96 bits per heavy atom. The van der Waals surface area contributed by atoms with Crippen LogP contribution in [0.2, 0.25) is 0 Å². The van der Waals surface area contributed by atoms with Crippen molar-refractivity contribution in [2.75, 3.05) is 19.6 Å². The summed E-state index contributed by atoms with van der Waals surface area (Å²) < 4.78 is 7.82. The molecule has 0 aliphatic carbocycles. The van der Waals surface area contributed by atoms with Crippen LogP contribution in [0, 0.1) is 6.92 Å². The third-order valence-corrected chi connectivity index (χ3v) is 4.94. The van der Waals surface area contributed by atoms with Crippen LogP contribution < -0.4 is 5.32 Å². The summed E-state index contributed by atoms with van der Waals surface area (Å²) in [7, 11) is 0. The quantitative estimate of drug-likeness (QED) is 0.849. The summed E-state index contributed by atoms with van der Waals surface area (Å²) in [6.07, 6.45) is 3.45. The molecule has 6 heteroatoms. The number of rotatable bonds is 1. The molecule has 0 atom stereocenters. The summed E-state index contributed by atoms with van der Waals surface area (Å²) in [6.45, 7) is 9.87. The minimum absolute atomic E-state index is 0.0422. The summed E-state index contributed by atoms with van der Waals surface area (Å²) in [6, 6.07) is 2.35. The number of nitrogens with one attached hydrogen (secondary N) is 1. The van der Waals surface area contributed by atoms with Gasteiger partial charge in [-0.25, -0.2) is 4.79 Å². The van der Waals surface area contributed by atoms with E-state index < -0.39 is 5.60 Å². The third kappa shape index (κ3) is 3.83. The fraction of sp³-hybridized carbons (Fsp3) is 0.684. The normalized spacial score (nSPS) is 19.2. The van der Waals surface area contributed by atoms with Crippen LogP contribution in [0.4, 0.5) is 4.79 Å². The average molecular weight is 347 g/mol. The lowest BCUT2D eigenvalue weighted by molar-refractivity contribution is 0.0187. The van der Waals surface area contributed by atoms with E-state index in [1.165, 1.54) is 0 Å². The van der Waals surface area contributed by atoms with E-state index in [-0.39, 0.29) is 12.0 Å². The molecule has 2 amide bonds. The van der Waals surface area contributed by atoms with Crippen LogP contribution in [-0.4, -0.2) is 46.7 Å². The van der Waals surface area contributed by atoms with Gasteiger partial charge in [-0.3, -0.25) is 4.79 Å². The first-order chi connectivity index (χ1) is 11.8. The van der Waals surface area contributed by atoms with Gasteiger partial charge >= 0.3 is 6.09 Å². The summed E-state index contributed by atoms with van der Waals surface area (Å²) in [5, 5.41) is 2.97. The lowest BCUT2D eigenvalue weighted by Gasteiger charge is -2.35. The Morgan fingerprint density at radius 1 is 1.28 bits per heavy atom. The molecular formula is C19H29N3O3. The van der Waals surface area contributed by atoms with E-state index in [0.717, 1.165) is 49.2 Å². The highest BCUT2D eigenvalue weighted by atomic mass is 16.6. The van der Waals surface area contributed by atoms with Crippen LogP contribution >= 0.6 is 0 Å². The number of aromatic nitrogens is 1. The molecule has 1 aromatic rings. The number of likely N-dealkylation sites (tertiary alicyclic amines) is 1. The maximum atomic E-state index is 12.2. The van der Waals surface area contributed by atoms with Gasteiger partial charge in [0.1, 0.15) is 5.60 Å². The summed E-state index contributed by atoms with van der Waals surface area (Å²) in [5.41, 5.74) is 2.65. The minimum Gasteiger partial charge on any atom is -0.444 e. The van der Waals surface area contributed by atoms with Crippen LogP contribution in [0.15, 0.2) is 6.07 Å². The smallest absolute Gasteiger partial charge is 0.410 e. The number of nitrogens with zero attached hydrogens (tertiary/aromatic N) is 2. The number of carbonyl (C=O) groups is 2. The number of hydrogen-bond acceptors (Lipinski definition) is 3. The maximum Gasteiger partial charge on any atom is 0.410 e. The Bertz CT molecular complexity index is 664. The molecule has 2 aliphatic heterocycles. The van der Waals surface area contributed by atoms with Gasteiger partial charge in [-0.2, -0.15) is 0 Å².